The second-order valence-electron chi connectivity index (χ2n) is 2.86. The molecular formula is C8H8Cl2O5Pd. The van der Waals surface area contributed by atoms with Gasteiger partial charge in [0, 0.05) is 12.8 Å². The molecule has 1 heterocycles. The van der Waals surface area contributed by atoms with E-state index in [1.165, 1.54) is 0 Å². The molecule has 0 amide bonds. The molecule has 94 valence electrons. The van der Waals surface area contributed by atoms with Crippen LogP contribution >= 0.6 is 0 Å². The number of rotatable bonds is 0. The third kappa shape index (κ3) is 4.30. The molecule has 0 N–H and O–H groups in total. The SMILES string of the molecule is O=C1OC(=O)OC2=C(CCCC2)O1.[Cl-].[Cl-].[Pd+2]. The van der Waals surface area contributed by atoms with Crippen LogP contribution < -0.4 is 24.8 Å². The average molecular weight is 361 g/mol. The van der Waals surface area contributed by atoms with Gasteiger partial charge in [-0.1, -0.05) is 0 Å². The Bertz CT molecular complexity index is 277. The van der Waals surface area contributed by atoms with Crippen LogP contribution in [0.2, 0.25) is 0 Å². The van der Waals surface area contributed by atoms with Gasteiger partial charge in [-0.2, -0.15) is 0 Å². The fourth-order valence-corrected chi connectivity index (χ4v) is 1.38. The average Bonchev–Trinajstić information content (AvgIpc) is 2.20. The van der Waals surface area contributed by atoms with Gasteiger partial charge < -0.3 is 39.0 Å². The van der Waals surface area contributed by atoms with Crippen molar-refractivity contribution >= 4 is 12.3 Å². The smallest absolute Gasteiger partial charge is 1.00 e. The van der Waals surface area contributed by atoms with Gasteiger partial charge in [-0.15, -0.1) is 0 Å². The van der Waals surface area contributed by atoms with Crippen molar-refractivity contribution in [1.82, 2.24) is 0 Å². The molecule has 0 fully saturated rings. The van der Waals surface area contributed by atoms with Gasteiger partial charge in [0.05, 0.1) is 0 Å². The summed E-state index contributed by atoms with van der Waals surface area (Å²) in [6, 6.07) is 0. The van der Waals surface area contributed by atoms with E-state index in [0.717, 1.165) is 12.8 Å². The number of carbonyl (C=O) groups is 2. The van der Waals surface area contributed by atoms with Crippen LogP contribution in [0.4, 0.5) is 9.59 Å². The summed E-state index contributed by atoms with van der Waals surface area (Å²) >= 11 is 0. The van der Waals surface area contributed by atoms with Crippen molar-refractivity contribution in [1.29, 1.82) is 0 Å². The molecule has 0 aromatic rings. The number of allylic oxidation sites excluding steroid dienone is 2. The Kier molecular flexibility index (Phi) is 8.95. The van der Waals surface area contributed by atoms with Gasteiger partial charge in [-0.05, 0) is 12.8 Å². The normalized spacial score (nSPS) is 18.2. The van der Waals surface area contributed by atoms with Crippen LogP contribution in [-0.2, 0) is 34.6 Å². The number of cyclic esters (lactones) is 2. The molecule has 0 aromatic heterocycles. The summed E-state index contributed by atoms with van der Waals surface area (Å²) in [5.41, 5.74) is 0. The van der Waals surface area contributed by atoms with Crippen LogP contribution in [-0.4, -0.2) is 12.3 Å². The van der Waals surface area contributed by atoms with Gasteiger partial charge in [0.25, 0.3) is 0 Å². The molecule has 0 saturated heterocycles. The molecule has 0 unspecified atom stereocenters. The van der Waals surface area contributed by atoms with Crippen LogP contribution in [0.1, 0.15) is 25.7 Å². The molecule has 1 aliphatic heterocycles. The first kappa shape index (κ1) is 18.1. The van der Waals surface area contributed by atoms with E-state index in [1.807, 2.05) is 0 Å². The van der Waals surface area contributed by atoms with Gasteiger partial charge in [-0.25, -0.2) is 9.59 Å². The minimum absolute atomic E-state index is 0. The maximum Gasteiger partial charge on any atom is 2.00 e. The zero-order chi connectivity index (χ0) is 9.26. The van der Waals surface area contributed by atoms with Crippen LogP contribution in [0.15, 0.2) is 11.5 Å². The Morgan fingerprint density at radius 3 is 1.50 bits per heavy atom. The molecule has 5 nitrogen and oxygen atoms in total. The largest absolute Gasteiger partial charge is 2.00 e. The molecule has 0 atom stereocenters. The van der Waals surface area contributed by atoms with Crippen molar-refractivity contribution in [3.05, 3.63) is 11.5 Å². The predicted molar refractivity (Wildman–Crippen MR) is 39.5 cm³/mol. The number of ether oxygens (including phenoxy) is 3. The van der Waals surface area contributed by atoms with Gasteiger partial charge in [0.15, 0.2) is 0 Å². The number of hydrogen-bond acceptors (Lipinski definition) is 5. The van der Waals surface area contributed by atoms with E-state index in [2.05, 4.69) is 4.74 Å². The van der Waals surface area contributed by atoms with E-state index < -0.39 is 12.3 Å². The fourth-order valence-electron chi connectivity index (χ4n) is 1.38. The molecule has 0 bridgehead atoms. The fraction of sp³-hybridized carbons (Fsp3) is 0.500. The molecule has 0 spiro atoms. The standard InChI is InChI=1S/C8H8O5.2ClH.Pd/c9-7-11-5-3-1-2-4-6(5)12-8(10)13-7;;;/h1-4H2;2*1H;/q;;;+2/p-2. The minimum Gasteiger partial charge on any atom is -1.00 e. The van der Waals surface area contributed by atoms with Crippen molar-refractivity contribution < 1.29 is 69.0 Å². The molecule has 0 radical (unpaired) electrons. The Morgan fingerprint density at radius 2 is 1.12 bits per heavy atom. The maximum absolute atomic E-state index is 10.8. The van der Waals surface area contributed by atoms with Crippen molar-refractivity contribution in [2.45, 2.75) is 25.7 Å². The van der Waals surface area contributed by atoms with E-state index in [4.69, 9.17) is 9.47 Å². The van der Waals surface area contributed by atoms with Crippen molar-refractivity contribution in [3.8, 4) is 0 Å². The van der Waals surface area contributed by atoms with Crippen LogP contribution in [0.3, 0.4) is 0 Å². The van der Waals surface area contributed by atoms with Crippen LogP contribution in [0.5, 0.6) is 0 Å². The Hall–Kier alpha value is -0.278. The van der Waals surface area contributed by atoms with Gasteiger partial charge in [0.2, 0.25) is 0 Å². The first-order chi connectivity index (χ1) is 6.25. The summed E-state index contributed by atoms with van der Waals surface area (Å²) in [6.07, 6.45) is 1.11. The summed E-state index contributed by atoms with van der Waals surface area (Å²) in [6.45, 7) is 0. The summed E-state index contributed by atoms with van der Waals surface area (Å²) in [4.78, 5) is 21.5. The second kappa shape index (κ2) is 7.91. The summed E-state index contributed by atoms with van der Waals surface area (Å²) in [5.74, 6) is 0.865. The summed E-state index contributed by atoms with van der Waals surface area (Å²) in [7, 11) is 0. The number of hydrogen-bond donors (Lipinski definition) is 0. The maximum atomic E-state index is 10.8. The number of carbonyl (C=O) groups excluding carboxylic acids is 2. The first-order valence-electron chi connectivity index (χ1n) is 4.09. The number of halogens is 2. The zero-order valence-electron chi connectivity index (χ0n) is 7.94. The molecule has 8 heteroatoms. The molecule has 0 saturated carbocycles. The van der Waals surface area contributed by atoms with E-state index >= 15 is 0 Å². The first-order valence-corrected chi connectivity index (χ1v) is 4.09. The third-order valence-corrected chi connectivity index (χ3v) is 1.95. The van der Waals surface area contributed by atoms with E-state index in [1.54, 1.807) is 0 Å². The van der Waals surface area contributed by atoms with Gasteiger partial charge in [-0.3, -0.25) is 0 Å². The Morgan fingerprint density at radius 1 is 0.750 bits per heavy atom. The molecule has 16 heavy (non-hydrogen) atoms. The molecule has 2 rings (SSSR count). The monoisotopic (exact) mass is 360 g/mol. The van der Waals surface area contributed by atoms with E-state index in [0.29, 0.717) is 24.4 Å². The Balaban J connectivity index is 0. The third-order valence-electron chi connectivity index (χ3n) is 1.95. The topological polar surface area (TPSA) is 61.8 Å². The summed E-state index contributed by atoms with van der Waals surface area (Å²) in [5, 5.41) is 0. The van der Waals surface area contributed by atoms with Crippen molar-refractivity contribution in [2.75, 3.05) is 0 Å². The van der Waals surface area contributed by atoms with Crippen LogP contribution in [0.25, 0.3) is 0 Å². The quantitative estimate of drug-likeness (QED) is 0.251. The molecule has 1 aliphatic carbocycles. The Labute approximate surface area is 118 Å². The van der Waals surface area contributed by atoms with E-state index in [9.17, 15) is 9.59 Å². The van der Waals surface area contributed by atoms with E-state index in [-0.39, 0.29) is 45.2 Å². The molecule has 2 aliphatic rings. The second-order valence-corrected chi connectivity index (χ2v) is 2.86. The summed E-state index contributed by atoms with van der Waals surface area (Å²) < 4.78 is 13.7. The predicted octanol–water partition coefficient (Wildman–Crippen LogP) is -3.92. The van der Waals surface area contributed by atoms with Gasteiger partial charge in [0.1, 0.15) is 11.5 Å². The zero-order valence-corrected chi connectivity index (χ0v) is 11.0. The van der Waals surface area contributed by atoms with Crippen molar-refractivity contribution in [2.24, 2.45) is 0 Å². The van der Waals surface area contributed by atoms with Gasteiger partial charge >= 0.3 is 32.7 Å². The van der Waals surface area contributed by atoms with Crippen molar-refractivity contribution in [3.63, 3.8) is 0 Å². The minimum atomic E-state index is -1.00. The molecule has 0 aromatic carbocycles. The van der Waals surface area contributed by atoms with Crippen LogP contribution in [0, 0.1) is 0 Å². The molecular weight excluding hydrogens is 353 g/mol.